The van der Waals surface area contributed by atoms with Crippen LogP contribution in [0.25, 0.3) is 0 Å². The Hall–Kier alpha value is -3.97. The molecule has 1 aromatic heterocycles. The summed E-state index contributed by atoms with van der Waals surface area (Å²) >= 11 is 0. The molecule has 13 nitrogen and oxygen atoms in total. The highest BCUT2D eigenvalue weighted by atomic mass is 19.1. The number of Topliss-reactive ketones (excluding diaryl/α,β-unsaturated/α-hetero) is 1. The van der Waals surface area contributed by atoms with Crippen molar-refractivity contribution in [1.82, 2.24) is 36.1 Å². The zero-order chi connectivity index (χ0) is 33.7. The van der Waals surface area contributed by atoms with Crippen molar-refractivity contribution in [3.8, 4) is 0 Å². The SMILES string of the molecule is CCC[C@H](NC(=O)[C@@H]1[C@H]2CC[C@H](F)[C@H]2CN1C(=O)[C@@H](NC(=O)[C@@H](NC(=O)c1cnccn1)C(C)C)C(C)C)C(=O)C(=O)NC1CC1. The number of alkyl halides is 1. The van der Waals surface area contributed by atoms with E-state index in [4.69, 9.17) is 0 Å². The van der Waals surface area contributed by atoms with Gasteiger partial charge in [-0.05, 0) is 49.9 Å². The summed E-state index contributed by atoms with van der Waals surface area (Å²) in [5, 5.41) is 10.8. The molecule has 0 bridgehead atoms. The third-order valence-electron chi connectivity index (χ3n) is 9.10. The van der Waals surface area contributed by atoms with Gasteiger partial charge >= 0.3 is 0 Å². The molecule has 0 radical (unpaired) electrons. The van der Waals surface area contributed by atoms with Gasteiger partial charge in [-0.1, -0.05) is 41.0 Å². The number of carbonyl (C=O) groups is 6. The molecule has 0 aromatic carbocycles. The van der Waals surface area contributed by atoms with Gasteiger partial charge in [0.05, 0.1) is 12.2 Å². The van der Waals surface area contributed by atoms with Crippen LogP contribution in [0.3, 0.4) is 0 Å². The molecule has 46 heavy (non-hydrogen) atoms. The summed E-state index contributed by atoms with van der Waals surface area (Å²) in [5.41, 5.74) is 0.0283. The van der Waals surface area contributed by atoms with Gasteiger partial charge in [0.2, 0.25) is 23.5 Å². The van der Waals surface area contributed by atoms with Crippen molar-refractivity contribution < 1.29 is 33.2 Å². The Morgan fingerprint density at radius 2 is 1.61 bits per heavy atom. The number of ketones is 1. The standard InChI is InChI=1S/C32H46FN7O6/c1-6-7-22(27(41)31(45)36-18-8-9-18)37-30(44)26-19-10-11-21(33)20(19)15-40(26)32(46)25(17(4)5)39-29(43)24(16(2)3)38-28(42)23-14-34-12-13-35-23/h12-14,16-22,24-26H,6-11,15H2,1-5H3,(H,36,45)(H,37,44)(H,38,42)(H,39,43)/t19-,20-,21-,22-,24-,25-,26-/m0/s1. The maximum absolute atomic E-state index is 15.0. The second-order valence-electron chi connectivity index (χ2n) is 13.3. The smallest absolute Gasteiger partial charge is 0.289 e. The molecule has 1 aliphatic heterocycles. The molecule has 14 heteroatoms. The number of hydrogen-bond acceptors (Lipinski definition) is 8. The maximum Gasteiger partial charge on any atom is 0.289 e. The fraction of sp³-hybridized carbons (Fsp3) is 0.688. The molecule has 4 N–H and O–H groups in total. The van der Waals surface area contributed by atoms with Gasteiger partial charge in [-0.3, -0.25) is 33.8 Å². The number of carbonyl (C=O) groups excluding carboxylic acids is 6. The van der Waals surface area contributed by atoms with E-state index in [1.54, 1.807) is 27.7 Å². The summed E-state index contributed by atoms with van der Waals surface area (Å²) in [6.45, 7) is 8.78. The lowest BCUT2D eigenvalue weighted by Crippen LogP contribution is -2.60. The third-order valence-corrected chi connectivity index (χ3v) is 9.10. The van der Waals surface area contributed by atoms with Crippen molar-refractivity contribution in [2.45, 2.75) is 110 Å². The van der Waals surface area contributed by atoms with Crippen molar-refractivity contribution in [1.29, 1.82) is 0 Å². The highest BCUT2D eigenvalue weighted by Gasteiger charge is 2.55. The summed E-state index contributed by atoms with van der Waals surface area (Å²) in [6, 6.07) is -4.30. The first-order chi connectivity index (χ1) is 21.8. The molecule has 1 saturated heterocycles. The molecule has 0 unspecified atom stereocenters. The minimum absolute atomic E-state index is 0.0204. The lowest BCUT2D eigenvalue weighted by Gasteiger charge is -2.34. The highest BCUT2D eigenvalue weighted by molar-refractivity contribution is 6.38. The minimum Gasteiger partial charge on any atom is -0.347 e. The first-order valence-corrected chi connectivity index (χ1v) is 16.3. The van der Waals surface area contributed by atoms with Gasteiger partial charge in [0.1, 0.15) is 30.0 Å². The number of aromatic nitrogens is 2. The van der Waals surface area contributed by atoms with Crippen LogP contribution in [0.4, 0.5) is 4.39 Å². The summed E-state index contributed by atoms with van der Waals surface area (Å²) in [5.74, 6) is -5.71. The quantitative estimate of drug-likeness (QED) is 0.218. The van der Waals surface area contributed by atoms with E-state index in [1.807, 2.05) is 6.92 Å². The van der Waals surface area contributed by atoms with Gasteiger partial charge in [0.25, 0.3) is 11.8 Å². The van der Waals surface area contributed by atoms with E-state index < -0.39 is 83.4 Å². The van der Waals surface area contributed by atoms with Gasteiger partial charge in [-0.25, -0.2) is 9.37 Å². The maximum atomic E-state index is 15.0. The van der Waals surface area contributed by atoms with Gasteiger partial charge in [0.15, 0.2) is 0 Å². The number of fused-ring (bicyclic) bond motifs is 1. The Morgan fingerprint density at radius 3 is 2.20 bits per heavy atom. The number of likely N-dealkylation sites (tertiary alicyclic amines) is 1. The van der Waals surface area contributed by atoms with Crippen LogP contribution in [0.15, 0.2) is 18.6 Å². The Bertz CT molecular complexity index is 1310. The number of hydrogen-bond donors (Lipinski definition) is 4. The molecular formula is C32H46FN7O6. The van der Waals surface area contributed by atoms with Gasteiger partial charge in [-0.15, -0.1) is 0 Å². The minimum atomic E-state index is -1.20. The first-order valence-electron chi connectivity index (χ1n) is 16.3. The van der Waals surface area contributed by atoms with Crippen molar-refractivity contribution in [2.24, 2.45) is 23.7 Å². The van der Waals surface area contributed by atoms with Gasteiger partial charge < -0.3 is 26.2 Å². The Labute approximate surface area is 268 Å². The average molecular weight is 644 g/mol. The van der Waals surface area contributed by atoms with Gasteiger partial charge in [-0.2, -0.15) is 0 Å². The molecule has 2 saturated carbocycles. The van der Waals surface area contributed by atoms with Crippen molar-refractivity contribution in [3.05, 3.63) is 24.3 Å². The molecule has 2 heterocycles. The normalized spacial score (nSPS) is 24.1. The van der Waals surface area contributed by atoms with E-state index >= 15 is 4.39 Å². The molecule has 0 spiro atoms. The van der Waals surface area contributed by atoms with Crippen molar-refractivity contribution >= 4 is 35.3 Å². The molecule has 1 aromatic rings. The Balaban J connectivity index is 1.52. The predicted octanol–water partition coefficient (Wildman–Crippen LogP) is 1.08. The fourth-order valence-corrected chi connectivity index (χ4v) is 6.38. The Morgan fingerprint density at radius 1 is 0.913 bits per heavy atom. The van der Waals surface area contributed by atoms with Crippen LogP contribution in [0, 0.1) is 23.7 Å². The van der Waals surface area contributed by atoms with Crippen molar-refractivity contribution in [3.63, 3.8) is 0 Å². The van der Waals surface area contributed by atoms with Crippen LogP contribution in [0.2, 0.25) is 0 Å². The van der Waals surface area contributed by atoms with E-state index in [0.29, 0.717) is 12.8 Å². The van der Waals surface area contributed by atoms with E-state index in [2.05, 4.69) is 31.2 Å². The lowest BCUT2D eigenvalue weighted by molar-refractivity contribution is -0.145. The monoisotopic (exact) mass is 643 g/mol. The zero-order valence-corrected chi connectivity index (χ0v) is 27.1. The van der Waals surface area contributed by atoms with Crippen LogP contribution in [0.5, 0.6) is 0 Å². The number of halogens is 1. The molecule has 3 aliphatic rings. The van der Waals surface area contributed by atoms with E-state index in [1.165, 1.54) is 23.5 Å². The molecule has 5 amide bonds. The Kier molecular flexibility index (Phi) is 11.4. The molecule has 7 atom stereocenters. The van der Waals surface area contributed by atoms with Gasteiger partial charge in [0, 0.05) is 30.9 Å². The fourth-order valence-electron chi connectivity index (χ4n) is 6.38. The number of rotatable bonds is 14. The largest absolute Gasteiger partial charge is 0.347 e. The average Bonchev–Trinajstić information content (AvgIpc) is 3.65. The topological polar surface area (TPSA) is 180 Å². The third kappa shape index (κ3) is 8.05. The number of nitrogens with zero attached hydrogens (tertiary/aromatic N) is 3. The van der Waals surface area contributed by atoms with Crippen LogP contribution in [-0.4, -0.2) is 93.1 Å². The van der Waals surface area contributed by atoms with E-state index in [-0.39, 0.29) is 37.0 Å². The molecule has 4 rings (SSSR count). The zero-order valence-electron chi connectivity index (χ0n) is 27.1. The second kappa shape index (κ2) is 15.1. The summed E-state index contributed by atoms with van der Waals surface area (Å²) in [6.07, 6.45) is 5.83. The summed E-state index contributed by atoms with van der Waals surface area (Å²) in [7, 11) is 0. The summed E-state index contributed by atoms with van der Waals surface area (Å²) in [4.78, 5) is 89.0. The lowest BCUT2D eigenvalue weighted by atomic mass is 9.92. The first kappa shape index (κ1) is 34.9. The number of amides is 5. The second-order valence-corrected chi connectivity index (χ2v) is 13.3. The van der Waals surface area contributed by atoms with Crippen LogP contribution in [-0.2, 0) is 24.0 Å². The van der Waals surface area contributed by atoms with Crippen LogP contribution < -0.4 is 21.3 Å². The van der Waals surface area contributed by atoms with E-state index in [0.717, 1.165) is 12.8 Å². The predicted molar refractivity (Wildman–Crippen MR) is 165 cm³/mol. The molecule has 2 aliphatic carbocycles. The molecule has 3 fully saturated rings. The van der Waals surface area contributed by atoms with Crippen LogP contribution >= 0.6 is 0 Å². The highest BCUT2D eigenvalue weighted by Crippen LogP contribution is 2.44. The molecule has 252 valence electrons. The number of nitrogens with one attached hydrogen (secondary N) is 4. The molecular weight excluding hydrogens is 597 g/mol. The van der Waals surface area contributed by atoms with Crippen LogP contribution in [0.1, 0.15) is 83.6 Å². The summed E-state index contributed by atoms with van der Waals surface area (Å²) < 4.78 is 15.0. The van der Waals surface area contributed by atoms with Crippen molar-refractivity contribution in [2.75, 3.05) is 6.54 Å². The van der Waals surface area contributed by atoms with E-state index in [9.17, 15) is 28.8 Å².